The average molecular weight is 850 g/mol. The SMILES string of the molecule is C1=CCCC(C2=C(c3ccc(N(C4=c5sc6cccc(-c7ccccc7)c6c5=CCC4)c4ccc(C5C=C(C6=C7C=CCCC7C7CCCCC7C6)C=CC5)cc4)cc3)C=CCC2)=C1. The van der Waals surface area contributed by atoms with Crippen molar-refractivity contribution in [3.8, 4) is 11.1 Å². The van der Waals surface area contributed by atoms with Crippen LogP contribution in [0.3, 0.4) is 0 Å². The molecular weight excluding hydrogens is 791 g/mol. The Bertz CT molecular complexity index is 2990. The lowest BCUT2D eigenvalue weighted by atomic mass is 9.60. The van der Waals surface area contributed by atoms with Gasteiger partial charge in [0.25, 0.3) is 0 Å². The summed E-state index contributed by atoms with van der Waals surface area (Å²) in [7, 11) is 0. The van der Waals surface area contributed by atoms with Crippen molar-refractivity contribution >= 4 is 50.1 Å². The first-order valence-corrected chi connectivity index (χ1v) is 25.4. The Kier molecular flexibility index (Phi) is 10.8. The van der Waals surface area contributed by atoms with Gasteiger partial charge < -0.3 is 4.90 Å². The zero-order valence-corrected chi connectivity index (χ0v) is 38.0. The summed E-state index contributed by atoms with van der Waals surface area (Å²) in [6.07, 6.45) is 43.9. The van der Waals surface area contributed by atoms with E-state index in [2.05, 4.69) is 169 Å². The van der Waals surface area contributed by atoms with Gasteiger partial charge in [0.2, 0.25) is 0 Å². The first-order chi connectivity index (χ1) is 31.7. The monoisotopic (exact) mass is 849 g/mol. The molecule has 2 heteroatoms. The van der Waals surface area contributed by atoms with E-state index in [-0.39, 0.29) is 0 Å². The third-order valence-electron chi connectivity index (χ3n) is 15.7. The van der Waals surface area contributed by atoms with Gasteiger partial charge in [-0.15, -0.1) is 11.3 Å². The molecule has 12 rings (SSSR count). The predicted octanol–water partition coefficient (Wildman–Crippen LogP) is 15.9. The molecule has 5 aromatic rings. The van der Waals surface area contributed by atoms with Crippen molar-refractivity contribution in [1.82, 2.24) is 0 Å². The van der Waals surface area contributed by atoms with Gasteiger partial charge in [-0.2, -0.15) is 0 Å². The van der Waals surface area contributed by atoms with Gasteiger partial charge in [0.05, 0.1) is 4.53 Å². The molecule has 4 unspecified atom stereocenters. The summed E-state index contributed by atoms with van der Waals surface area (Å²) < 4.78 is 2.76. The maximum Gasteiger partial charge on any atom is 0.0551 e. The van der Waals surface area contributed by atoms with Crippen molar-refractivity contribution in [3.63, 3.8) is 0 Å². The summed E-state index contributed by atoms with van der Waals surface area (Å²) in [6.45, 7) is 0. The van der Waals surface area contributed by atoms with E-state index in [0.717, 1.165) is 62.7 Å². The van der Waals surface area contributed by atoms with Crippen LogP contribution in [0.1, 0.15) is 107 Å². The van der Waals surface area contributed by atoms with E-state index >= 15 is 0 Å². The lowest BCUT2D eigenvalue weighted by Crippen LogP contribution is -2.34. The van der Waals surface area contributed by atoms with Crippen LogP contribution in [0.5, 0.6) is 0 Å². The number of allylic oxidation sites excluding steroid dienone is 16. The fourth-order valence-electron chi connectivity index (χ4n) is 12.7. The topological polar surface area (TPSA) is 3.24 Å². The number of hydrogen-bond acceptors (Lipinski definition) is 2. The van der Waals surface area contributed by atoms with Crippen LogP contribution < -0.4 is 14.7 Å². The highest BCUT2D eigenvalue weighted by atomic mass is 32.1. The lowest BCUT2D eigenvalue weighted by Gasteiger charge is -2.45. The van der Waals surface area contributed by atoms with Gasteiger partial charge >= 0.3 is 0 Å². The van der Waals surface area contributed by atoms with E-state index in [0.29, 0.717) is 5.92 Å². The number of nitrogens with zero attached hydrogens (tertiary/aromatic N) is 1. The van der Waals surface area contributed by atoms with Crippen molar-refractivity contribution in [2.45, 2.75) is 95.8 Å². The van der Waals surface area contributed by atoms with Crippen molar-refractivity contribution in [1.29, 1.82) is 0 Å². The number of anilines is 2. The molecule has 1 saturated carbocycles. The van der Waals surface area contributed by atoms with Crippen LogP contribution >= 0.6 is 11.3 Å². The van der Waals surface area contributed by atoms with Crippen molar-refractivity contribution in [3.05, 3.63) is 207 Å². The van der Waals surface area contributed by atoms with Crippen LogP contribution in [-0.4, -0.2) is 0 Å². The van der Waals surface area contributed by atoms with E-state index in [4.69, 9.17) is 0 Å². The molecule has 1 heterocycles. The zero-order chi connectivity index (χ0) is 42.4. The summed E-state index contributed by atoms with van der Waals surface area (Å²) in [5.41, 5.74) is 18.5. The highest BCUT2D eigenvalue weighted by Crippen LogP contribution is 2.52. The minimum atomic E-state index is 0.383. The zero-order valence-electron chi connectivity index (χ0n) is 37.2. The lowest BCUT2D eigenvalue weighted by molar-refractivity contribution is 0.159. The van der Waals surface area contributed by atoms with Crippen LogP contribution in [0.15, 0.2) is 186 Å². The van der Waals surface area contributed by atoms with Crippen LogP contribution in [0.25, 0.3) is 38.6 Å². The highest BCUT2D eigenvalue weighted by Gasteiger charge is 2.39. The Balaban J connectivity index is 0.947. The molecule has 0 aliphatic heterocycles. The minimum absolute atomic E-state index is 0.383. The second-order valence-electron chi connectivity index (χ2n) is 19.3. The molecule has 4 aromatic carbocycles. The van der Waals surface area contributed by atoms with E-state index in [1.807, 2.05) is 11.3 Å². The fourth-order valence-corrected chi connectivity index (χ4v) is 14.0. The normalized spacial score (nSPS) is 23.9. The third-order valence-corrected chi connectivity index (χ3v) is 17.0. The molecule has 0 amide bonds. The number of rotatable bonds is 8. The number of hydrogen-bond donors (Lipinski definition) is 0. The molecule has 1 nitrogen and oxygen atoms in total. The van der Waals surface area contributed by atoms with E-state index in [1.54, 1.807) is 11.1 Å². The Morgan fingerprint density at radius 3 is 2.31 bits per heavy atom. The van der Waals surface area contributed by atoms with E-state index in [1.165, 1.54) is 126 Å². The Hall–Kier alpha value is -5.70. The summed E-state index contributed by atoms with van der Waals surface area (Å²) in [6, 6.07) is 37.1. The molecule has 64 heavy (non-hydrogen) atoms. The van der Waals surface area contributed by atoms with Crippen molar-refractivity contribution < 1.29 is 0 Å². The molecule has 4 atom stereocenters. The van der Waals surface area contributed by atoms with Gasteiger partial charge in [0.1, 0.15) is 0 Å². The molecule has 7 aliphatic carbocycles. The van der Waals surface area contributed by atoms with Crippen LogP contribution in [0.4, 0.5) is 11.4 Å². The van der Waals surface area contributed by atoms with Gasteiger partial charge in [-0.1, -0.05) is 146 Å². The molecule has 318 valence electrons. The largest absolute Gasteiger partial charge is 0.313 e. The Morgan fingerprint density at radius 2 is 1.45 bits per heavy atom. The second kappa shape index (κ2) is 17.4. The van der Waals surface area contributed by atoms with Gasteiger partial charge in [-0.25, -0.2) is 0 Å². The molecule has 0 radical (unpaired) electrons. The fraction of sp³-hybridized carbons (Fsp3) is 0.290. The maximum absolute atomic E-state index is 2.64. The quantitative estimate of drug-likeness (QED) is 0.150. The molecule has 1 fully saturated rings. The van der Waals surface area contributed by atoms with Crippen LogP contribution in [0.2, 0.25) is 0 Å². The highest BCUT2D eigenvalue weighted by molar-refractivity contribution is 7.17. The summed E-state index contributed by atoms with van der Waals surface area (Å²) in [4.78, 5) is 2.60. The maximum atomic E-state index is 2.64. The summed E-state index contributed by atoms with van der Waals surface area (Å²) in [5, 5.41) is 2.79. The van der Waals surface area contributed by atoms with Crippen LogP contribution in [0, 0.1) is 17.8 Å². The first kappa shape index (κ1) is 39.9. The summed E-state index contributed by atoms with van der Waals surface area (Å²) in [5.74, 6) is 2.91. The first-order valence-electron chi connectivity index (χ1n) is 24.6. The standard InChI is InChI=1S/C62H59NS/c1-3-16-43(17-4-1)51-23-9-10-24-52(51)45-34-38-50(39-35-45)63(59-30-14-29-57-61-54(44-18-5-2-6-19-44)28-15-31-60(61)64-62(57)59)49-36-32-42(33-37-49)46-21-13-22-47(40-46)58-41-48-20-7-8-25-53(48)55-26-11-12-27-56(55)58/h1-3,5-6,10,12-13,15-16,18-19,22,24,27-29,31-40,46,48,53,55H,4,7-9,11,14,17,20-21,23,25-26,30,41H2. The van der Waals surface area contributed by atoms with Gasteiger partial charge in [-0.05, 0) is 186 Å². The molecule has 0 N–H and O–H groups in total. The Labute approximate surface area is 384 Å². The number of fused-ring (bicyclic) bond motifs is 6. The van der Waals surface area contributed by atoms with E-state index < -0.39 is 0 Å². The molecule has 7 aliphatic rings. The average Bonchev–Trinajstić information content (AvgIpc) is 3.77. The van der Waals surface area contributed by atoms with Gasteiger partial charge in [0.15, 0.2) is 0 Å². The van der Waals surface area contributed by atoms with Crippen molar-refractivity contribution in [2.75, 3.05) is 4.90 Å². The summed E-state index contributed by atoms with van der Waals surface area (Å²) >= 11 is 1.97. The predicted molar refractivity (Wildman–Crippen MR) is 274 cm³/mol. The van der Waals surface area contributed by atoms with Crippen LogP contribution in [-0.2, 0) is 0 Å². The minimum Gasteiger partial charge on any atom is -0.313 e. The molecule has 0 saturated heterocycles. The second-order valence-corrected chi connectivity index (χ2v) is 20.4. The Morgan fingerprint density at radius 1 is 0.625 bits per heavy atom. The number of thiophene rings is 1. The molecule has 0 bridgehead atoms. The van der Waals surface area contributed by atoms with Gasteiger partial charge in [0, 0.05) is 33.1 Å². The van der Waals surface area contributed by atoms with Gasteiger partial charge in [-0.3, -0.25) is 0 Å². The molecule has 0 spiro atoms. The molecule has 1 aromatic heterocycles. The number of benzene rings is 4. The van der Waals surface area contributed by atoms with E-state index in [9.17, 15) is 0 Å². The third kappa shape index (κ3) is 7.33. The molecular formula is C62H59NS. The van der Waals surface area contributed by atoms with Crippen molar-refractivity contribution in [2.24, 2.45) is 17.8 Å². The smallest absolute Gasteiger partial charge is 0.0551 e.